The molecule has 324 valence electrons. The maximum absolute atomic E-state index is 13.4. The Hall–Kier alpha value is -2.85. The van der Waals surface area contributed by atoms with Crippen molar-refractivity contribution in [2.75, 3.05) is 24.9 Å². The van der Waals surface area contributed by atoms with Gasteiger partial charge in [0.25, 0.3) is 20.2 Å². The van der Waals surface area contributed by atoms with E-state index >= 15 is 0 Å². The summed E-state index contributed by atoms with van der Waals surface area (Å²) in [6.07, 6.45) is 0. The third kappa shape index (κ3) is 13.7. The van der Waals surface area contributed by atoms with Gasteiger partial charge in [-0.1, -0.05) is 23.6 Å². The summed E-state index contributed by atoms with van der Waals surface area (Å²) in [5.74, 6) is -2.63. The number of hydrogen-bond acceptors (Lipinski definition) is 19. The van der Waals surface area contributed by atoms with Gasteiger partial charge in [0, 0.05) is 11.4 Å². The predicted molar refractivity (Wildman–Crippen MR) is 209 cm³/mol. The number of anilines is 2. The van der Waals surface area contributed by atoms with Crippen LogP contribution in [0.1, 0.15) is 0 Å². The topological polar surface area (TPSA) is 378 Å². The van der Waals surface area contributed by atoms with Crippen molar-refractivity contribution < 1.29 is 195 Å². The fourth-order valence-electron chi connectivity index (χ4n) is 5.71. The van der Waals surface area contributed by atoms with E-state index in [1.54, 1.807) is 0 Å². The third-order valence-electron chi connectivity index (χ3n) is 8.53. The van der Waals surface area contributed by atoms with Gasteiger partial charge >= 0.3 is 124 Å². The van der Waals surface area contributed by atoms with Gasteiger partial charge in [-0.3, -0.25) is 9.11 Å². The minimum absolute atomic E-state index is 0. The molecule has 0 saturated heterocycles. The van der Waals surface area contributed by atoms with Crippen molar-refractivity contribution in [3.63, 3.8) is 0 Å². The molecule has 0 spiro atoms. The number of ether oxygens (including phenoxy) is 2. The number of benzene rings is 6. The predicted octanol–water partition coefficient (Wildman–Crippen LogP) is -7.05. The second-order valence-electron chi connectivity index (χ2n) is 12.5. The van der Waals surface area contributed by atoms with Crippen LogP contribution in [0.5, 0.6) is 23.0 Å². The van der Waals surface area contributed by atoms with Crippen LogP contribution in [0, 0.1) is 0 Å². The molecule has 0 radical (unpaired) electrons. The minimum Gasteiger partial charge on any atom is -0.871 e. The number of urea groups is 1. The zero-order valence-electron chi connectivity index (χ0n) is 35.0. The molecule has 0 bridgehead atoms. The van der Waals surface area contributed by atoms with E-state index in [2.05, 4.69) is 31.1 Å². The van der Waals surface area contributed by atoms with Gasteiger partial charge in [0.2, 0.25) is 0 Å². The van der Waals surface area contributed by atoms with Gasteiger partial charge in [0.15, 0.2) is 0 Å². The van der Waals surface area contributed by atoms with Crippen molar-refractivity contribution in [1.29, 1.82) is 0 Å². The zero-order valence-corrected chi connectivity index (χ0v) is 46.3. The number of methoxy groups -OCH3 is 2. The van der Waals surface area contributed by atoms with Crippen LogP contribution in [-0.4, -0.2) is 72.1 Å². The maximum atomic E-state index is 13.4. The van der Waals surface area contributed by atoms with Gasteiger partial charge in [0.05, 0.1) is 35.4 Å². The van der Waals surface area contributed by atoms with Crippen molar-refractivity contribution in [2.24, 2.45) is 20.5 Å². The number of nitrogens with one attached hydrogen (secondary N) is 2. The fraction of sp³-hybridized carbons (Fsp3) is 0.0571. The largest absolute Gasteiger partial charge is 1.00 e. The third-order valence-corrected chi connectivity index (χ3v) is 11.9. The van der Waals surface area contributed by atoms with E-state index in [-0.39, 0.29) is 174 Å². The maximum Gasteiger partial charge on any atom is 1.00 e. The van der Waals surface area contributed by atoms with Crippen molar-refractivity contribution in [1.82, 2.24) is 0 Å². The van der Waals surface area contributed by atoms with Gasteiger partial charge in [-0.05, 0) is 94.3 Å². The monoisotopic (exact) mass is 1020 g/mol. The molecular formula is C35H24N6Na4O17S4. The van der Waals surface area contributed by atoms with Crippen LogP contribution in [0.25, 0.3) is 21.5 Å². The zero-order chi connectivity index (χ0) is 45.5. The standard InChI is InChI=1S/C35H28N6O17S4.4Na/c1-57-27-15-21(59(45,46)47)5-9-25(27)38-40-31-29(61(51,52)53)13-17-11-19(3-7-23(17)33(31)42)36-35(44)37-20-4-8-24-18(12-20)14-30(62(54,55)56)32(34(24)43)41-39-26-10-6-22(60(48,49)50)16-28(26)58-2;;;;/h3-16,42-43H,1-2H3,(H2,36,37,44)(H,45,46,47)(H,48,49,50)(H,51,52,53)(H,54,55,56);;;;/q;4*+1/p-4. The van der Waals surface area contributed by atoms with E-state index in [1.807, 2.05) is 0 Å². The first-order valence-electron chi connectivity index (χ1n) is 16.6. The van der Waals surface area contributed by atoms with E-state index in [4.69, 9.17) is 9.47 Å². The van der Waals surface area contributed by atoms with Crippen LogP contribution in [0.4, 0.5) is 38.9 Å². The van der Waals surface area contributed by atoms with Crippen LogP contribution in [-0.2, 0) is 40.5 Å². The first-order chi connectivity index (χ1) is 28.9. The molecular weight excluding hydrogens is 997 g/mol. The van der Waals surface area contributed by atoms with Crippen molar-refractivity contribution in [2.45, 2.75) is 19.6 Å². The van der Waals surface area contributed by atoms with Crippen LogP contribution < -0.4 is 149 Å². The van der Waals surface area contributed by atoms with Crippen LogP contribution in [0.3, 0.4) is 0 Å². The molecule has 4 N–H and O–H groups in total. The number of hydrogen-bond donors (Lipinski definition) is 4. The molecule has 6 rings (SSSR count). The molecule has 23 nitrogen and oxygen atoms in total. The van der Waals surface area contributed by atoms with Gasteiger partial charge < -0.3 is 39.4 Å². The summed E-state index contributed by atoms with van der Waals surface area (Å²) in [5, 5.41) is 46.1. The Labute approximate surface area is 463 Å². The summed E-state index contributed by atoms with van der Waals surface area (Å²) in [6, 6.07) is 13.4. The summed E-state index contributed by atoms with van der Waals surface area (Å²) in [4.78, 5) is 9.72. The van der Waals surface area contributed by atoms with Gasteiger partial charge in [-0.15, -0.1) is 20.5 Å². The van der Waals surface area contributed by atoms with E-state index in [0.29, 0.717) is 0 Å². The molecule has 0 atom stereocenters. The Kier molecular flexibility index (Phi) is 20.8. The summed E-state index contributed by atoms with van der Waals surface area (Å²) in [7, 11) is -17.9. The number of nitrogens with zero attached hydrogens (tertiary/aromatic N) is 4. The molecule has 66 heavy (non-hydrogen) atoms. The van der Waals surface area contributed by atoms with Crippen molar-refractivity contribution in [3.8, 4) is 23.0 Å². The van der Waals surface area contributed by atoms with Gasteiger partial charge in [0.1, 0.15) is 52.9 Å². The molecule has 2 amide bonds. The smallest absolute Gasteiger partial charge is 0.871 e. The van der Waals surface area contributed by atoms with Gasteiger partial charge in [-0.2, -0.15) is 16.8 Å². The molecule has 0 unspecified atom stereocenters. The number of carbonyl (C=O) groups is 1. The molecule has 0 saturated carbocycles. The number of carbonyl (C=O) groups excluding carboxylic acids is 1. The normalized spacial score (nSPS) is 11.8. The fourth-order valence-corrected chi connectivity index (χ4v) is 7.99. The Balaban J connectivity index is 0.00000374. The molecule has 0 aromatic heterocycles. The van der Waals surface area contributed by atoms with E-state index < -0.39 is 89.0 Å². The number of rotatable bonds is 12. The summed E-state index contributed by atoms with van der Waals surface area (Å²) in [6.45, 7) is 0. The molecule has 0 heterocycles. The van der Waals surface area contributed by atoms with Crippen LogP contribution >= 0.6 is 0 Å². The Morgan fingerprint density at radius 3 is 1.18 bits per heavy atom. The minimum atomic E-state index is -5.16. The first kappa shape index (κ1) is 59.3. The van der Waals surface area contributed by atoms with E-state index in [0.717, 1.165) is 62.8 Å². The molecule has 0 aliphatic heterocycles. The second kappa shape index (κ2) is 23.2. The summed E-state index contributed by atoms with van der Waals surface area (Å²) < 4.78 is 148. The molecule has 31 heteroatoms. The van der Waals surface area contributed by atoms with Crippen molar-refractivity contribution in [3.05, 3.63) is 84.9 Å². The van der Waals surface area contributed by atoms with Crippen LogP contribution in [0.2, 0.25) is 0 Å². The average molecular weight is 1020 g/mol. The summed E-state index contributed by atoms with van der Waals surface area (Å²) >= 11 is 0. The Morgan fingerprint density at radius 2 is 0.879 bits per heavy atom. The molecule has 0 aliphatic carbocycles. The SMILES string of the molecule is COc1cc(S(=O)(=O)[O-])ccc1N=Nc1c(S(=O)(=O)O)cc2cc(NC(=O)Nc3ccc4c([O-])c(N=Nc5ccc(S(=O)(=O)[O-])cc5OC)c(S(=O)(=O)O)cc4c3)ccc2c1[O-].[Na+].[Na+].[Na+].[Na+]. The summed E-state index contributed by atoms with van der Waals surface area (Å²) in [5.41, 5.74) is -2.18. The van der Waals surface area contributed by atoms with Gasteiger partial charge in [-0.25, -0.2) is 21.6 Å². The number of amides is 2. The quantitative estimate of drug-likeness (QED) is 0.0503. The Bertz CT molecular complexity index is 3180. The molecule has 0 aliphatic rings. The molecule has 0 fully saturated rings. The molecule has 6 aromatic carbocycles. The van der Waals surface area contributed by atoms with E-state index in [9.17, 15) is 66.9 Å². The number of fused-ring (bicyclic) bond motifs is 2. The van der Waals surface area contributed by atoms with Crippen molar-refractivity contribution >= 4 is 102 Å². The number of azo groups is 2. The van der Waals surface area contributed by atoms with Crippen LogP contribution in [0.15, 0.2) is 125 Å². The Morgan fingerprint density at radius 1 is 0.530 bits per heavy atom. The van der Waals surface area contributed by atoms with E-state index in [1.165, 1.54) is 36.4 Å². The second-order valence-corrected chi connectivity index (χ2v) is 18.0. The molecule has 6 aromatic rings. The first-order valence-corrected chi connectivity index (χ1v) is 22.3. The average Bonchev–Trinajstić information content (AvgIpc) is 3.18.